The fraction of sp³-hybridized carbons (Fsp3) is 0.476. The highest BCUT2D eigenvalue weighted by atomic mass is 16.5. The Balaban J connectivity index is 2.42. The van der Waals surface area contributed by atoms with E-state index < -0.39 is 11.4 Å². The smallest absolute Gasteiger partial charge is 0.333 e. The molecule has 1 amide bonds. The molecule has 0 saturated carbocycles. The number of esters is 1. The van der Waals surface area contributed by atoms with Crippen molar-refractivity contribution < 1.29 is 19.1 Å². The maximum atomic E-state index is 12.2. The fourth-order valence-corrected chi connectivity index (χ4v) is 2.04. The maximum Gasteiger partial charge on any atom is 0.333 e. The molecule has 0 fully saturated rings. The van der Waals surface area contributed by atoms with Crippen LogP contribution in [0.2, 0.25) is 0 Å². The zero-order valence-electron chi connectivity index (χ0n) is 16.2. The van der Waals surface area contributed by atoms with Gasteiger partial charge >= 0.3 is 5.97 Å². The van der Waals surface area contributed by atoms with Crippen LogP contribution in [0.25, 0.3) is 0 Å². The molecule has 142 valence electrons. The molecule has 1 aromatic carbocycles. The van der Waals surface area contributed by atoms with Gasteiger partial charge < -0.3 is 10.1 Å². The first kappa shape index (κ1) is 21.6. The van der Waals surface area contributed by atoms with Gasteiger partial charge in [0.25, 0.3) is 0 Å². The van der Waals surface area contributed by atoms with Crippen molar-refractivity contribution in [2.24, 2.45) is 5.41 Å². The van der Waals surface area contributed by atoms with Gasteiger partial charge in [-0.25, -0.2) is 4.79 Å². The first-order chi connectivity index (χ1) is 12.2. The van der Waals surface area contributed by atoms with Gasteiger partial charge in [0.15, 0.2) is 0 Å². The molecule has 0 aliphatic heterocycles. The van der Waals surface area contributed by atoms with Crippen LogP contribution in [0.15, 0.2) is 36.4 Å². The quantitative estimate of drug-likeness (QED) is 0.388. The number of ether oxygens (including phenoxy) is 1. The van der Waals surface area contributed by atoms with Gasteiger partial charge in [-0.3, -0.25) is 9.59 Å². The van der Waals surface area contributed by atoms with Gasteiger partial charge in [-0.2, -0.15) is 0 Å². The van der Waals surface area contributed by atoms with Gasteiger partial charge in [0.2, 0.25) is 5.91 Å². The average Bonchev–Trinajstić information content (AvgIpc) is 2.60. The average molecular weight is 359 g/mol. The molecule has 1 N–H and O–H groups in total. The highest BCUT2D eigenvalue weighted by molar-refractivity contribution is 5.94. The summed E-state index contributed by atoms with van der Waals surface area (Å²) in [6, 6.07) is 7.29. The van der Waals surface area contributed by atoms with E-state index in [4.69, 9.17) is 4.74 Å². The molecule has 0 unspecified atom stereocenters. The summed E-state index contributed by atoms with van der Waals surface area (Å²) < 4.78 is 4.96. The first-order valence-corrected chi connectivity index (χ1v) is 8.90. The molecule has 0 aliphatic carbocycles. The minimum atomic E-state index is -0.429. The SMILES string of the molecule is C=C(C)C(=O)OCCCC(=O)Cc1ccc(NC(=O)C(C)(C)CC)cc1. The third-order valence-electron chi connectivity index (χ3n) is 4.29. The molecule has 0 aromatic heterocycles. The number of carbonyl (C=O) groups excluding carboxylic acids is 3. The summed E-state index contributed by atoms with van der Waals surface area (Å²) in [5.74, 6) is -0.366. The largest absolute Gasteiger partial charge is 0.462 e. The molecule has 0 radical (unpaired) electrons. The molecule has 0 heterocycles. The highest BCUT2D eigenvalue weighted by Gasteiger charge is 2.25. The Morgan fingerprint density at radius 3 is 2.31 bits per heavy atom. The zero-order valence-corrected chi connectivity index (χ0v) is 16.2. The van der Waals surface area contributed by atoms with E-state index in [2.05, 4.69) is 11.9 Å². The van der Waals surface area contributed by atoms with Gasteiger partial charge in [0, 0.05) is 29.5 Å². The van der Waals surface area contributed by atoms with Gasteiger partial charge in [0.05, 0.1) is 6.61 Å². The number of carbonyl (C=O) groups is 3. The fourth-order valence-electron chi connectivity index (χ4n) is 2.04. The third kappa shape index (κ3) is 7.21. The van der Waals surface area contributed by atoms with Crippen molar-refractivity contribution in [3.63, 3.8) is 0 Å². The van der Waals surface area contributed by atoms with Crippen LogP contribution in [-0.4, -0.2) is 24.3 Å². The third-order valence-corrected chi connectivity index (χ3v) is 4.29. The molecule has 0 spiro atoms. The molecule has 0 atom stereocenters. The van der Waals surface area contributed by atoms with Gasteiger partial charge in [-0.15, -0.1) is 0 Å². The summed E-state index contributed by atoms with van der Waals surface area (Å²) >= 11 is 0. The molecular formula is C21H29NO4. The lowest BCUT2D eigenvalue weighted by Gasteiger charge is -2.21. The Morgan fingerprint density at radius 2 is 1.77 bits per heavy atom. The van der Waals surface area contributed by atoms with Crippen LogP contribution in [0.3, 0.4) is 0 Å². The summed E-state index contributed by atoms with van der Waals surface area (Å²) in [6.45, 7) is 11.1. The van der Waals surface area contributed by atoms with Crippen LogP contribution in [0.5, 0.6) is 0 Å². The second-order valence-corrected chi connectivity index (χ2v) is 7.12. The number of hydrogen-bond donors (Lipinski definition) is 1. The van der Waals surface area contributed by atoms with Crippen molar-refractivity contribution in [3.05, 3.63) is 42.0 Å². The maximum absolute atomic E-state index is 12.2. The van der Waals surface area contributed by atoms with Gasteiger partial charge in [-0.05, 0) is 37.5 Å². The van der Waals surface area contributed by atoms with Crippen molar-refractivity contribution in [1.82, 2.24) is 0 Å². The van der Waals surface area contributed by atoms with Crippen molar-refractivity contribution >= 4 is 23.3 Å². The number of rotatable bonds is 10. The normalized spacial score (nSPS) is 10.9. The number of Topliss-reactive ketones (excluding diaryl/α,β-unsaturated/α-hetero) is 1. The number of nitrogens with one attached hydrogen (secondary N) is 1. The van der Waals surface area contributed by atoms with Crippen LogP contribution in [0, 0.1) is 5.41 Å². The van der Waals surface area contributed by atoms with Crippen molar-refractivity contribution in [2.75, 3.05) is 11.9 Å². The Labute approximate surface area is 155 Å². The van der Waals surface area contributed by atoms with Crippen LogP contribution in [-0.2, 0) is 25.5 Å². The summed E-state index contributed by atoms with van der Waals surface area (Å²) in [7, 11) is 0. The molecule has 5 nitrogen and oxygen atoms in total. The molecule has 0 aliphatic rings. The van der Waals surface area contributed by atoms with E-state index in [-0.39, 0.29) is 18.3 Å². The monoisotopic (exact) mass is 359 g/mol. The first-order valence-electron chi connectivity index (χ1n) is 8.90. The Kier molecular flexibility index (Phi) is 8.23. The van der Waals surface area contributed by atoms with Crippen LogP contribution in [0.4, 0.5) is 5.69 Å². The van der Waals surface area contributed by atoms with Crippen molar-refractivity contribution in [2.45, 2.75) is 53.4 Å². The number of anilines is 1. The Bertz CT molecular complexity index is 659. The molecule has 1 rings (SSSR count). The van der Waals surface area contributed by atoms with E-state index >= 15 is 0 Å². The van der Waals surface area contributed by atoms with Crippen LogP contribution < -0.4 is 5.32 Å². The lowest BCUT2D eigenvalue weighted by molar-refractivity contribution is -0.139. The van der Waals surface area contributed by atoms with E-state index in [9.17, 15) is 14.4 Å². The van der Waals surface area contributed by atoms with E-state index in [1.807, 2.05) is 32.9 Å². The van der Waals surface area contributed by atoms with E-state index in [0.717, 1.165) is 17.7 Å². The zero-order chi connectivity index (χ0) is 19.7. The molecule has 1 aromatic rings. The summed E-state index contributed by atoms with van der Waals surface area (Å²) in [4.78, 5) is 35.4. The molecule has 5 heteroatoms. The second-order valence-electron chi connectivity index (χ2n) is 7.12. The van der Waals surface area contributed by atoms with E-state index in [0.29, 0.717) is 24.8 Å². The molecular weight excluding hydrogens is 330 g/mol. The predicted molar refractivity (Wildman–Crippen MR) is 103 cm³/mol. The molecule has 0 saturated heterocycles. The number of ketones is 1. The standard InChI is InChI=1S/C21H29NO4/c1-6-21(4,5)20(25)22-17-11-9-16(10-12-17)14-18(23)8-7-13-26-19(24)15(2)3/h9-12H,2,6-8,13-14H2,1,3-5H3,(H,22,25). The van der Waals surface area contributed by atoms with Gasteiger partial charge in [0.1, 0.15) is 5.78 Å². The minimum absolute atomic E-state index is 0.0202. The Morgan fingerprint density at radius 1 is 1.15 bits per heavy atom. The van der Waals surface area contributed by atoms with Crippen molar-refractivity contribution in [3.8, 4) is 0 Å². The summed E-state index contributed by atoms with van der Waals surface area (Å²) in [6.07, 6.45) is 1.93. The number of amides is 1. The predicted octanol–water partition coefficient (Wildman–Crippen LogP) is 4.07. The van der Waals surface area contributed by atoms with Crippen LogP contribution >= 0.6 is 0 Å². The lowest BCUT2D eigenvalue weighted by Crippen LogP contribution is -2.29. The Hall–Kier alpha value is -2.43. The number of benzene rings is 1. The minimum Gasteiger partial charge on any atom is -0.462 e. The summed E-state index contributed by atoms with van der Waals surface area (Å²) in [5, 5.41) is 2.90. The van der Waals surface area contributed by atoms with Crippen molar-refractivity contribution in [1.29, 1.82) is 0 Å². The van der Waals surface area contributed by atoms with Gasteiger partial charge in [-0.1, -0.05) is 39.5 Å². The number of hydrogen-bond acceptors (Lipinski definition) is 4. The lowest BCUT2D eigenvalue weighted by atomic mass is 9.89. The topological polar surface area (TPSA) is 72.5 Å². The second kappa shape index (κ2) is 9.90. The van der Waals surface area contributed by atoms with E-state index in [1.54, 1.807) is 19.1 Å². The molecule has 26 heavy (non-hydrogen) atoms. The highest BCUT2D eigenvalue weighted by Crippen LogP contribution is 2.22. The molecule has 0 bridgehead atoms. The van der Waals surface area contributed by atoms with E-state index in [1.165, 1.54) is 0 Å². The summed E-state index contributed by atoms with van der Waals surface area (Å²) in [5.41, 5.74) is 1.55. The van der Waals surface area contributed by atoms with Crippen LogP contribution in [0.1, 0.15) is 52.5 Å².